The molecule has 0 spiro atoms. The molecule has 6 rings (SSSR count). The van der Waals surface area contributed by atoms with Gasteiger partial charge < -0.3 is 9.47 Å². The average Bonchev–Trinajstić information content (AvgIpc) is 2.38. The standard InChI is InChI=1S/C13H12O5/c1-17-3(14)2-4(15)18-12(16)13-9-6-5-7(9)11(13)8(5)10(6)13/h5-11H,2H2,1H3. The van der Waals surface area contributed by atoms with Crippen LogP contribution in [0.4, 0.5) is 0 Å². The second kappa shape index (κ2) is 2.36. The number of methoxy groups -OCH3 is 1. The summed E-state index contributed by atoms with van der Waals surface area (Å²) in [4.78, 5) is 34.4. The summed E-state index contributed by atoms with van der Waals surface area (Å²) in [6.45, 7) is 0. The van der Waals surface area contributed by atoms with Crippen LogP contribution in [0.3, 0.4) is 0 Å². The van der Waals surface area contributed by atoms with Crippen molar-refractivity contribution >= 4 is 17.9 Å². The molecule has 0 amide bonds. The smallest absolute Gasteiger partial charge is 0.324 e. The van der Waals surface area contributed by atoms with Crippen molar-refractivity contribution in [3.63, 3.8) is 0 Å². The van der Waals surface area contributed by atoms with E-state index in [0.717, 1.165) is 23.7 Å². The van der Waals surface area contributed by atoms with Crippen LogP contribution in [0.15, 0.2) is 0 Å². The van der Waals surface area contributed by atoms with Crippen LogP contribution in [0.25, 0.3) is 0 Å². The SMILES string of the molecule is COC(=O)CC(=O)OC(=O)C12C3C4C5C3C1C5C42. The fourth-order valence-electron chi connectivity index (χ4n) is 6.26. The molecule has 6 saturated carbocycles. The van der Waals surface area contributed by atoms with E-state index in [1.807, 2.05) is 0 Å². The van der Waals surface area contributed by atoms with Gasteiger partial charge in [-0.3, -0.25) is 14.4 Å². The minimum atomic E-state index is -0.777. The van der Waals surface area contributed by atoms with Gasteiger partial charge in [-0.25, -0.2) is 0 Å². The highest BCUT2D eigenvalue weighted by Crippen LogP contribution is 3.06. The monoisotopic (exact) mass is 248 g/mol. The number of esters is 3. The van der Waals surface area contributed by atoms with Crippen molar-refractivity contribution in [2.24, 2.45) is 46.8 Å². The Morgan fingerprint density at radius 1 is 0.944 bits per heavy atom. The van der Waals surface area contributed by atoms with Gasteiger partial charge in [0.15, 0.2) is 0 Å². The fraction of sp³-hybridized carbons (Fsp3) is 0.769. The molecule has 0 aromatic carbocycles. The normalized spacial score (nSPS) is 57.7. The Morgan fingerprint density at radius 2 is 1.50 bits per heavy atom. The molecule has 0 atom stereocenters. The molecular formula is C13H12O5. The highest BCUT2D eigenvalue weighted by molar-refractivity contribution is 5.99. The van der Waals surface area contributed by atoms with Crippen LogP contribution in [-0.4, -0.2) is 25.0 Å². The summed E-state index contributed by atoms with van der Waals surface area (Å²) >= 11 is 0. The molecule has 0 N–H and O–H groups in total. The first-order valence-electron chi connectivity index (χ1n) is 6.46. The molecule has 18 heavy (non-hydrogen) atoms. The molecule has 5 nitrogen and oxygen atoms in total. The third-order valence-corrected chi connectivity index (χ3v) is 6.55. The first-order valence-corrected chi connectivity index (χ1v) is 6.46. The molecule has 6 fully saturated rings. The van der Waals surface area contributed by atoms with Gasteiger partial charge in [-0.1, -0.05) is 0 Å². The maximum Gasteiger partial charge on any atom is 0.324 e. The summed E-state index contributed by atoms with van der Waals surface area (Å²) < 4.78 is 9.22. The van der Waals surface area contributed by atoms with E-state index < -0.39 is 18.4 Å². The van der Waals surface area contributed by atoms with Gasteiger partial charge in [-0.2, -0.15) is 0 Å². The molecule has 0 aliphatic heterocycles. The molecule has 0 radical (unpaired) electrons. The Balaban J connectivity index is 1.28. The molecule has 94 valence electrons. The van der Waals surface area contributed by atoms with Crippen LogP contribution in [-0.2, 0) is 23.9 Å². The lowest BCUT2D eigenvalue weighted by Crippen LogP contribution is -3.06. The predicted molar refractivity (Wildman–Crippen MR) is 54.6 cm³/mol. The van der Waals surface area contributed by atoms with Crippen molar-refractivity contribution in [3.05, 3.63) is 0 Å². The molecule has 0 aromatic rings. The van der Waals surface area contributed by atoms with Gasteiger partial charge in [-0.15, -0.1) is 0 Å². The van der Waals surface area contributed by atoms with Gasteiger partial charge in [0, 0.05) is 0 Å². The number of carbonyl (C=O) groups excluding carboxylic acids is 3. The summed E-state index contributed by atoms with van der Waals surface area (Å²) in [5.74, 6) is 2.98. The Morgan fingerprint density at radius 3 is 2.00 bits per heavy atom. The largest absolute Gasteiger partial charge is 0.469 e. The second-order valence-corrected chi connectivity index (χ2v) is 6.33. The number of hydrogen-bond donors (Lipinski definition) is 0. The lowest BCUT2D eigenvalue weighted by molar-refractivity contribution is -0.598. The maximum absolute atomic E-state index is 12.1. The van der Waals surface area contributed by atoms with E-state index in [1.165, 1.54) is 7.11 Å². The lowest BCUT2D eigenvalue weighted by atomic mass is 8.96. The Kier molecular flexibility index (Phi) is 1.25. The van der Waals surface area contributed by atoms with Crippen LogP contribution in [0, 0.1) is 46.8 Å². The van der Waals surface area contributed by atoms with Gasteiger partial charge >= 0.3 is 17.9 Å². The highest BCUT2D eigenvalue weighted by Gasteiger charge is 3.06. The maximum atomic E-state index is 12.1. The topological polar surface area (TPSA) is 69.7 Å². The zero-order valence-electron chi connectivity index (χ0n) is 9.79. The van der Waals surface area contributed by atoms with Crippen LogP contribution in [0.5, 0.6) is 0 Å². The van der Waals surface area contributed by atoms with Crippen LogP contribution in [0.1, 0.15) is 6.42 Å². The van der Waals surface area contributed by atoms with Gasteiger partial charge in [0.25, 0.3) is 0 Å². The van der Waals surface area contributed by atoms with Crippen molar-refractivity contribution in [2.45, 2.75) is 6.42 Å². The Hall–Kier alpha value is -1.39. The molecule has 6 aliphatic carbocycles. The van der Waals surface area contributed by atoms with E-state index in [9.17, 15) is 14.4 Å². The summed E-state index contributed by atoms with van der Waals surface area (Å²) in [6.07, 6.45) is -0.475. The molecule has 0 saturated heterocycles. The van der Waals surface area contributed by atoms with Gasteiger partial charge in [0.1, 0.15) is 6.42 Å². The van der Waals surface area contributed by atoms with Gasteiger partial charge in [-0.05, 0) is 41.4 Å². The van der Waals surface area contributed by atoms with E-state index >= 15 is 0 Å². The van der Waals surface area contributed by atoms with Crippen molar-refractivity contribution < 1.29 is 23.9 Å². The van der Waals surface area contributed by atoms with E-state index in [1.54, 1.807) is 0 Å². The molecule has 6 aliphatic rings. The van der Waals surface area contributed by atoms with Crippen LogP contribution >= 0.6 is 0 Å². The number of hydrogen-bond acceptors (Lipinski definition) is 5. The third kappa shape index (κ3) is 0.575. The summed E-state index contributed by atoms with van der Waals surface area (Å²) in [7, 11) is 1.20. The van der Waals surface area contributed by atoms with Crippen LogP contribution < -0.4 is 0 Å². The van der Waals surface area contributed by atoms with Gasteiger partial charge in [0.2, 0.25) is 0 Å². The Labute approximate surface area is 103 Å². The molecule has 0 bridgehead atoms. The summed E-state index contributed by atoms with van der Waals surface area (Å²) in [5, 5.41) is 0. The molecule has 0 unspecified atom stereocenters. The van der Waals surface area contributed by atoms with E-state index in [2.05, 4.69) is 4.74 Å². The molecule has 5 heteroatoms. The summed E-state index contributed by atoms with van der Waals surface area (Å²) in [6, 6.07) is 0. The third-order valence-electron chi connectivity index (χ3n) is 6.55. The van der Waals surface area contributed by atoms with Crippen molar-refractivity contribution in [2.75, 3.05) is 7.11 Å². The minimum Gasteiger partial charge on any atom is -0.469 e. The molecular weight excluding hydrogens is 236 g/mol. The van der Waals surface area contributed by atoms with Crippen LogP contribution in [0.2, 0.25) is 0 Å². The molecule has 0 aromatic heterocycles. The Bertz CT molecular complexity index is 485. The number of carbonyl (C=O) groups is 3. The van der Waals surface area contributed by atoms with Gasteiger partial charge in [0.05, 0.1) is 12.5 Å². The zero-order valence-corrected chi connectivity index (χ0v) is 9.79. The highest BCUT2D eigenvalue weighted by atomic mass is 16.6. The first kappa shape index (κ1) is 9.53. The average molecular weight is 248 g/mol. The van der Waals surface area contributed by atoms with E-state index in [4.69, 9.17) is 4.74 Å². The number of rotatable bonds is 3. The minimum absolute atomic E-state index is 0.291. The van der Waals surface area contributed by atoms with E-state index in [0.29, 0.717) is 17.8 Å². The zero-order chi connectivity index (χ0) is 12.4. The predicted octanol–water partition coefficient (Wildman–Crippen LogP) is -0.0129. The number of ether oxygens (including phenoxy) is 2. The van der Waals surface area contributed by atoms with Crippen molar-refractivity contribution in [1.82, 2.24) is 0 Å². The first-order chi connectivity index (χ1) is 8.64. The fourth-order valence-corrected chi connectivity index (χ4v) is 6.26. The molecule has 0 heterocycles. The van der Waals surface area contributed by atoms with E-state index in [-0.39, 0.29) is 11.4 Å². The lowest BCUT2D eigenvalue weighted by Gasteiger charge is -3.06. The second-order valence-electron chi connectivity index (χ2n) is 6.33. The summed E-state index contributed by atoms with van der Waals surface area (Å²) in [5.41, 5.74) is -0.291. The van der Waals surface area contributed by atoms with Crippen molar-refractivity contribution in [3.8, 4) is 0 Å². The quantitative estimate of drug-likeness (QED) is 0.519. The van der Waals surface area contributed by atoms with Crippen molar-refractivity contribution in [1.29, 1.82) is 0 Å².